The Hall–Kier alpha value is -0.860. The third-order valence-electron chi connectivity index (χ3n) is 4.73. The van der Waals surface area contributed by atoms with Gasteiger partial charge in [0.2, 0.25) is 0 Å². The fourth-order valence-corrected chi connectivity index (χ4v) is 3.14. The standard InChI is InChI=1S/C12H16.C9H18O2/c1-2-3-4-5-6-10-9-11-7-8-12(10)11;1-2-3-4-5-9-8-10-6-7-11-9/h7-9H,2-6H2,1H3;9H,2-8H2,1H3. The van der Waals surface area contributed by atoms with E-state index in [-0.39, 0.29) is 0 Å². The molecule has 130 valence electrons. The van der Waals surface area contributed by atoms with E-state index in [2.05, 4.69) is 32.0 Å². The van der Waals surface area contributed by atoms with Gasteiger partial charge in [-0.2, -0.15) is 0 Å². The Bertz CT molecular complexity index is 517. The molecule has 0 amide bonds. The largest absolute Gasteiger partial charge is 0.376 e. The summed E-state index contributed by atoms with van der Waals surface area (Å²) in [6.07, 6.45) is 12.3. The van der Waals surface area contributed by atoms with E-state index in [0.717, 1.165) is 19.8 Å². The van der Waals surface area contributed by atoms with Crippen LogP contribution in [0, 0.1) is 10.4 Å². The van der Waals surface area contributed by atoms with Gasteiger partial charge in [-0.1, -0.05) is 70.6 Å². The molecule has 0 saturated carbocycles. The summed E-state index contributed by atoms with van der Waals surface area (Å²) in [6.45, 7) is 6.86. The Morgan fingerprint density at radius 2 is 1.78 bits per heavy atom. The van der Waals surface area contributed by atoms with Crippen LogP contribution in [0.2, 0.25) is 0 Å². The Labute approximate surface area is 141 Å². The molecule has 1 unspecified atom stereocenters. The van der Waals surface area contributed by atoms with Gasteiger partial charge in [-0.05, 0) is 35.3 Å². The van der Waals surface area contributed by atoms with Crippen molar-refractivity contribution in [3.63, 3.8) is 0 Å². The van der Waals surface area contributed by atoms with E-state index in [0.29, 0.717) is 6.10 Å². The zero-order chi connectivity index (χ0) is 16.3. The zero-order valence-corrected chi connectivity index (χ0v) is 15.1. The minimum absolute atomic E-state index is 0.385. The molecular formula is C21H34O2. The second-order valence-electron chi connectivity index (χ2n) is 6.75. The minimum atomic E-state index is 0.385. The molecule has 0 aromatic rings. The van der Waals surface area contributed by atoms with Gasteiger partial charge in [0, 0.05) is 0 Å². The molecule has 3 aliphatic rings. The summed E-state index contributed by atoms with van der Waals surface area (Å²) in [5.41, 5.74) is 1.60. The van der Waals surface area contributed by atoms with E-state index in [4.69, 9.17) is 9.47 Å². The van der Waals surface area contributed by atoms with E-state index >= 15 is 0 Å². The lowest BCUT2D eigenvalue weighted by atomic mass is 9.95. The highest BCUT2D eigenvalue weighted by atomic mass is 16.6. The van der Waals surface area contributed by atoms with Crippen molar-refractivity contribution in [1.29, 1.82) is 0 Å². The van der Waals surface area contributed by atoms with Crippen molar-refractivity contribution in [2.24, 2.45) is 0 Å². The number of hydrogen-bond donors (Lipinski definition) is 0. The molecular weight excluding hydrogens is 284 g/mol. The summed E-state index contributed by atoms with van der Waals surface area (Å²) < 4.78 is 10.8. The molecule has 1 saturated heterocycles. The highest BCUT2D eigenvalue weighted by Gasteiger charge is 2.12. The molecule has 0 aromatic heterocycles. The lowest BCUT2D eigenvalue weighted by Gasteiger charge is -2.22. The van der Waals surface area contributed by atoms with Crippen LogP contribution in [-0.2, 0) is 15.9 Å². The van der Waals surface area contributed by atoms with E-state index in [1.54, 1.807) is 10.8 Å². The average molecular weight is 319 g/mol. The van der Waals surface area contributed by atoms with Crippen molar-refractivity contribution in [1.82, 2.24) is 0 Å². The van der Waals surface area contributed by atoms with Crippen molar-refractivity contribution in [3.8, 4) is 0 Å². The van der Waals surface area contributed by atoms with E-state index in [1.165, 1.54) is 63.0 Å². The quantitative estimate of drug-likeness (QED) is 0.577. The van der Waals surface area contributed by atoms with E-state index in [1.807, 2.05) is 0 Å². The SMILES string of the molecule is CCCCCC1COCCO1.CCCCCCc1cc2ccc1=2. The van der Waals surface area contributed by atoms with Gasteiger partial charge in [0.25, 0.3) is 0 Å². The van der Waals surface area contributed by atoms with Gasteiger partial charge in [-0.15, -0.1) is 0 Å². The summed E-state index contributed by atoms with van der Waals surface area (Å²) in [7, 11) is 0. The molecule has 3 rings (SSSR count). The Morgan fingerprint density at radius 1 is 0.957 bits per heavy atom. The molecule has 0 aromatic carbocycles. The number of unbranched alkanes of at least 4 members (excludes halogenated alkanes) is 5. The first-order chi connectivity index (χ1) is 11.3. The monoisotopic (exact) mass is 318 g/mol. The number of ether oxygens (including phenoxy) is 2. The number of rotatable bonds is 9. The second-order valence-corrected chi connectivity index (χ2v) is 6.75. The van der Waals surface area contributed by atoms with Gasteiger partial charge >= 0.3 is 0 Å². The van der Waals surface area contributed by atoms with Crippen molar-refractivity contribution < 1.29 is 9.47 Å². The number of hydrogen-bond acceptors (Lipinski definition) is 2. The van der Waals surface area contributed by atoms with Crippen LogP contribution >= 0.6 is 0 Å². The highest BCUT2D eigenvalue weighted by molar-refractivity contribution is 5.33. The van der Waals surface area contributed by atoms with Crippen LogP contribution in [0.15, 0.2) is 18.2 Å². The summed E-state index contributed by atoms with van der Waals surface area (Å²) in [5.74, 6) is 0. The van der Waals surface area contributed by atoms with Crippen molar-refractivity contribution >= 4 is 0 Å². The van der Waals surface area contributed by atoms with Crippen LogP contribution in [-0.4, -0.2) is 25.9 Å². The smallest absolute Gasteiger partial charge is 0.0809 e. The van der Waals surface area contributed by atoms with Gasteiger partial charge in [0.05, 0.1) is 25.9 Å². The molecule has 1 fully saturated rings. The maximum Gasteiger partial charge on any atom is 0.0809 e. The predicted octanol–water partition coefficient (Wildman–Crippen LogP) is 5.39. The molecule has 1 heterocycles. The highest BCUT2D eigenvalue weighted by Crippen LogP contribution is 2.18. The molecule has 23 heavy (non-hydrogen) atoms. The second kappa shape index (κ2) is 10.8. The Balaban J connectivity index is 0.000000168. The fourth-order valence-electron chi connectivity index (χ4n) is 3.14. The molecule has 0 spiro atoms. The van der Waals surface area contributed by atoms with Crippen LogP contribution in [0.1, 0.15) is 70.8 Å². The van der Waals surface area contributed by atoms with Crippen LogP contribution in [0.3, 0.4) is 0 Å². The summed E-state index contributed by atoms with van der Waals surface area (Å²) in [6, 6.07) is 6.77. The minimum Gasteiger partial charge on any atom is -0.376 e. The molecule has 2 aliphatic carbocycles. The molecule has 0 radical (unpaired) electrons. The topological polar surface area (TPSA) is 18.5 Å². The molecule has 0 bridgehead atoms. The van der Waals surface area contributed by atoms with Gasteiger partial charge in [-0.3, -0.25) is 0 Å². The summed E-state index contributed by atoms with van der Waals surface area (Å²) >= 11 is 0. The van der Waals surface area contributed by atoms with E-state index < -0.39 is 0 Å². The first kappa shape index (κ1) is 18.5. The molecule has 2 nitrogen and oxygen atoms in total. The first-order valence-electron chi connectivity index (χ1n) is 9.67. The van der Waals surface area contributed by atoms with Crippen LogP contribution in [0.5, 0.6) is 0 Å². The molecule has 1 aliphatic heterocycles. The van der Waals surface area contributed by atoms with Crippen molar-refractivity contribution in [2.45, 2.75) is 77.7 Å². The molecule has 1 atom stereocenters. The van der Waals surface area contributed by atoms with Crippen LogP contribution in [0.25, 0.3) is 0 Å². The summed E-state index contributed by atoms with van der Waals surface area (Å²) in [4.78, 5) is 0. The first-order valence-corrected chi connectivity index (χ1v) is 9.67. The summed E-state index contributed by atoms with van der Waals surface area (Å²) in [5, 5.41) is 3.03. The fraction of sp³-hybridized carbons (Fsp3) is 0.714. The van der Waals surface area contributed by atoms with E-state index in [9.17, 15) is 0 Å². The Morgan fingerprint density at radius 3 is 2.35 bits per heavy atom. The molecule has 2 heteroatoms. The van der Waals surface area contributed by atoms with Gasteiger partial charge in [0.15, 0.2) is 0 Å². The third kappa shape index (κ3) is 6.27. The third-order valence-corrected chi connectivity index (χ3v) is 4.73. The Kier molecular flexibility index (Phi) is 8.70. The van der Waals surface area contributed by atoms with Crippen LogP contribution < -0.4 is 0 Å². The van der Waals surface area contributed by atoms with Gasteiger partial charge in [-0.25, -0.2) is 0 Å². The number of benzene rings is 1. The zero-order valence-electron chi connectivity index (χ0n) is 15.1. The predicted molar refractivity (Wildman–Crippen MR) is 96.7 cm³/mol. The van der Waals surface area contributed by atoms with Gasteiger partial charge in [0.1, 0.15) is 0 Å². The number of aryl methyl sites for hydroxylation is 1. The average Bonchev–Trinajstić information content (AvgIpc) is 2.57. The molecule has 0 N–H and O–H groups in total. The lowest BCUT2D eigenvalue weighted by Crippen LogP contribution is -2.28. The maximum atomic E-state index is 5.50. The van der Waals surface area contributed by atoms with Gasteiger partial charge < -0.3 is 9.47 Å². The lowest BCUT2D eigenvalue weighted by molar-refractivity contribution is -0.0912. The van der Waals surface area contributed by atoms with Crippen LogP contribution in [0.4, 0.5) is 0 Å². The maximum absolute atomic E-state index is 5.50. The van der Waals surface area contributed by atoms with Crippen molar-refractivity contribution in [2.75, 3.05) is 19.8 Å². The normalized spacial score (nSPS) is 18.3. The van der Waals surface area contributed by atoms with Crippen molar-refractivity contribution in [3.05, 3.63) is 34.2 Å².